The van der Waals surface area contributed by atoms with Gasteiger partial charge in [0, 0.05) is 37.3 Å². The van der Waals surface area contributed by atoms with Crippen LogP contribution in [0.15, 0.2) is 47.7 Å². The number of alkyl halides is 3. The average molecular weight is 541 g/mol. The minimum Gasteiger partial charge on any atom is -0.438 e. The zero-order valence-corrected chi connectivity index (χ0v) is 21.0. The number of pyridine rings is 3. The zero-order valence-electron chi connectivity index (χ0n) is 21.0. The van der Waals surface area contributed by atoms with Gasteiger partial charge in [-0.25, -0.2) is 13.8 Å². The first-order chi connectivity index (χ1) is 18.4. The fourth-order valence-electron chi connectivity index (χ4n) is 4.46. The van der Waals surface area contributed by atoms with Crippen LogP contribution in [0.5, 0.6) is 11.6 Å². The van der Waals surface area contributed by atoms with Crippen LogP contribution in [0.2, 0.25) is 0 Å². The number of aromatic nitrogens is 5. The van der Waals surface area contributed by atoms with E-state index in [0.29, 0.717) is 23.1 Å². The number of halogens is 5. The molecule has 4 aromatic heterocycles. The predicted octanol–water partition coefficient (Wildman–Crippen LogP) is 6.40. The molecule has 0 aliphatic carbocycles. The first-order valence-electron chi connectivity index (χ1n) is 11.6. The summed E-state index contributed by atoms with van der Waals surface area (Å²) in [7, 11) is 1.73. The molecule has 5 rings (SSSR count). The van der Waals surface area contributed by atoms with E-state index in [9.17, 15) is 26.7 Å². The summed E-state index contributed by atoms with van der Waals surface area (Å²) in [6.45, 7) is 4.28. The first-order valence-corrected chi connectivity index (χ1v) is 11.6. The molecule has 0 radical (unpaired) electrons. The minimum atomic E-state index is -4.76. The van der Waals surface area contributed by atoms with Crippen LogP contribution in [0, 0.1) is 32.4 Å². The van der Waals surface area contributed by atoms with Gasteiger partial charge in [0.2, 0.25) is 5.88 Å². The molecule has 0 amide bonds. The quantitative estimate of drug-likeness (QED) is 0.266. The lowest BCUT2D eigenvalue weighted by Crippen LogP contribution is -2.12. The summed E-state index contributed by atoms with van der Waals surface area (Å²) < 4.78 is 76.5. The van der Waals surface area contributed by atoms with E-state index < -0.39 is 28.8 Å². The van der Waals surface area contributed by atoms with Crippen molar-refractivity contribution in [3.8, 4) is 34.3 Å². The summed E-state index contributed by atoms with van der Waals surface area (Å²) >= 11 is 0. The third-order valence-corrected chi connectivity index (χ3v) is 6.35. The van der Waals surface area contributed by atoms with Gasteiger partial charge in [0.25, 0.3) is 0 Å². The summed E-state index contributed by atoms with van der Waals surface area (Å²) in [5.41, 5.74) is -0.385. The lowest BCUT2D eigenvalue weighted by Gasteiger charge is -2.18. The number of nitrogens with one attached hydrogen (secondary N) is 1. The van der Waals surface area contributed by atoms with Crippen molar-refractivity contribution in [1.29, 1.82) is 0 Å². The summed E-state index contributed by atoms with van der Waals surface area (Å²) in [5.74, 6) is -2.76. The van der Waals surface area contributed by atoms with E-state index in [2.05, 4.69) is 20.1 Å². The average Bonchev–Trinajstić information content (AvgIpc) is 3.20. The van der Waals surface area contributed by atoms with E-state index in [1.165, 1.54) is 26.1 Å². The topological polar surface area (TPSA) is 85.7 Å². The van der Waals surface area contributed by atoms with Gasteiger partial charge >= 0.3 is 6.18 Å². The molecule has 1 aromatic carbocycles. The molecule has 0 unspecified atom stereocenters. The molecular formula is C27H20F5N5O2. The van der Waals surface area contributed by atoms with Crippen LogP contribution in [0.3, 0.4) is 0 Å². The Hall–Kier alpha value is -4.61. The number of nitrogens with zero attached hydrogens (tertiary/aromatic N) is 4. The summed E-state index contributed by atoms with van der Waals surface area (Å²) in [4.78, 5) is 24.6. The molecule has 12 heteroatoms. The van der Waals surface area contributed by atoms with Crippen molar-refractivity contribution < 1.29 is 26.7 Å². The standard InChI is InChI=1S/C27H20F5N5O2/c1-12-11-37(4)36-24(12)25-22-17(7-8-33-25)35-18(9-19(22)38)21-13(2)15(27(30,31)32)10-34-26(21)39-20-6-5-16(28)23(29)14(20)3/h5-11H,1-4H3,(H,35,38). The van der Waals surface area contributed by atoms with Crippen molar-refractivity contribution in [3.05, 3.63) is 87.0 Å². The van der Waals surface area contributed by atoms with Crippen molar-refractivity contribution in [2.75, 3.05) is 0 Å². The van der Waals surface area contributed by atoms with Gasteiger partial charge in [0.15, 0.2) is 17.1 Å². The van der Waals surface area contributed by atoms with Gasteiger partial charge in [0.1, 0.15) is 17.1 Å². The van der Waals surface area contributed by atoms with E-state index in [0.717, 1.165) is 23.8 Å². The second-order valence-electron chi connectivity index (χ2n) is 9.03. The molecule has 1 N–H and O–H groups in total. The Kier molecular flexibility index (Phi) is 6.20. The zero-order chi connectivity index (χ0) is 28.2. The van der Waals surface area contributed by atoms with E-state index in [1.807, 2.05) is 6.92 Å². The van der Waals surface area contributed by atoms with Gasteiger partial charge in [-0.05, 0) is 50.1 Å². The maximum absolute atomic E-state index is 14.2. The van der Waals surface area contributed by atoms with Crippen LogP contribution < -0.4 is 10.2 Å². The number of hydrogen-bond donors (Lipinski definition) is 1. The van der Waals surface area contributed by atoms with Gasteiger partial charge < -0.3 is 9.72 Å². The molecular weight excluding hydrogens is 521 g/mol. The van der Waals surface area contributed by atoms with Gasteiger partial charge in [0.05, 0.1) is 27.7 Å². The molecule has 39 heavy (non-hydrogen) atoms. The number of benzene rings is 1. The van der Waals surface area contributed by atoms with Gasteiger partial charge in [-0.2, -0.15) is 18.3 Å². The third-order valence-electron chi connectivity index (χ3n) is 6.35. The molecule has 0 atom stereocenters. The highest BCUT2D eigenvalue weighted by atomic mass is 19.4. The van der Waals surface area contributed by atoms with Crippen LogP contribution in [0.4, 0.5) is 22.0 Å². The largest absolute Gasteiger partial charge is 0.438 e. The third kappa shape index (κ3) is 4.51. The van der Waals surface area contributed by atoms with E-state index in [4.69, 9.17) is 4.74 Å². The molecule has 4 heterocycles. The summed E-state index contributed by atoms with van der Waals surface area (Å²) in [6, 6.07) is 4.61. The van der Waals surface area contributed by atoms with E-state index in [1.54, 1.807) is 17.9 Å². The number of H-pyrrole nitrogens is 1. The second-order valence-corrected chi connectivity index (χ2v) is 9.03. The summed E-state index contributed by atoms with van der Waals surface area (Å²) in [5, 5.41) is 4.57. The van der Waals surface area contributed by atoms with Crippen LogP contribution in [-0.4, -0.2) is 24.7 Å². The predicted molar refractivity (Wildman–Crippen MR) is 133 cm³/mol. The second kappa shape index (κ2) is 9.29. The van der Waals surface area contributed by atoms with Crippen molar-refractivity contribution in [2.45, 2.75) is 26.9 Å². The van der Waals surface area contributed by atoms with Gasteiger partial charge in [-0.1, -0.05) is 0 Å². The number of ether oxygens (including phenoxy) is 1. The minimum absolute atomic E-state index is 0.0197. The fraction of sp³-hybridized carbons (Fsp3) is 0.185. The van der Waals surface area contributed by atoms with Crippen LogP contribution in [-0.2, 0) is 13.2 Å². The van der Waals surface area contributed by atoms with Crippen LogP contribution in [0.1, 0.15) is 22.3 Å². The van der Waals surface area contributed by atoms with Crippen molar-refractivity contribution in [3.63, 3.8) is 0 Å². The maximum atomic E-state index is 14.2. The molecule has 7 nitrogen and oxygen atoms in total. The van der Waals surface area contributed by atoms with E-state index >= 15 is 0 Å². The normalized spacial score (nSPS) is 11.8. The lowest BCUT2D eigenvalue weighted by atomic mass is 10.0. The first kappa shape index (κ1) is 26.0. The fourth-order valence-corrected chi connectivity index (χ4v) is 4.46. The number of aryl methyl sites for hydroxylation is 2. The van der Waals surface area contributed by atoms with Crippen molar-refractivity contribution in [1.82, 2.24) is 24.7 Å². The molecule has 0 saturated heterocycles. The number of hydrogen-bond acceptors (Lipinski definition) is 5. The van der Waals surface area contributed by atoms with Crippen molar-refractivity contribution >= 4 is 10.9 Å². The Labute approximate surface area is 217 Å². The van der Waals surface area contributed by atoms with Gasteiger partial charge in [-0.15, -0.1) is 0 Å². The monoisotopic (exact) mass is 541 g/mol. The molecule has 0 bridgehead atoms. The Morgan fingerprint density at radius 3 is 2.41 bits per heavy atom. The van der Waals surface area contributed by atoms with Crippen LogP contribution in [0.25, 0.3) is 33.5 Å². The van der Waals surface area contributed by atoms with E-state index in [-0.39, 0.29) is 39.4 Å². The number of aromatic amines is 1. The highest BCUT2D eigenvalue weighted by molar-refractivity contribution is 5.93. The summed E-state index contributed by atoms with van der Waals surface area (Å²) in [6.07, 6.45) is -0.952. The SMILES string of the molecule is Cc1cn(C)nc1-c1nccc2[nH]c(-c3c(Oc4ccc(F)c(F)c4C)ncc(C(F)(F)F)c3C)cc(=O)c12. The maximum Gasteiger partial charge on any atom is 0.418 e. The molecule has 0 saturated carbocycles. The lowest BCUT2D eigenvalue weighted by molar-refractivity contribution is -0.138. The molecule has 0 spiro atoms. The smallest absolute Gasteiger partial charge is 0.418 e. The Bertz CT molecular complexity index is 1820. The highest BCUT2D eigenvalue weighted by Crippen LogP contribution is 2.41. The Morgan fingerprint density at radius 2 is 1.74 bits per heavy atom. The molecule has 0 aliphatic rings. The van der Waals surface area contributed by atoms with Crippen molar-refractivity contribution in [2.24, 2.45) is 7.05 Å². The molecule has 5 aromatic rings. The molecule has 0 aliphatic heterocycles. The number of fused-ring (bicyclic) bond motifs is 1. The Balaban J connectivity index is 1.75. The Morgan fingerprint density at radius 1 is 1.00 bits per heavy atom. The number of rotatable bonds is 4. The highest BCUT2D eigenvalue weighted by Gasteiger charge is 2.35. The molecule has 200 valence electrons. The van der Waals surface area contributed by atoms with Gasteiger partial charge in [-0.3, -0.25) is 14.5 Å². The van der Waals surface area contributed by atoms with Crippen LogP contribution >= 0.6 is 0 Å². The molecule has 0 fully saturated rings.